The van der Waals surface area contributed by atoms with Crippen molar-refractivity contribution in [3.8, 4) is 0 Å². The zero-order valence-corrected chi connectivity index (χ0v) is 15.2. The second-order valence-electron chi connectivity index (χ2n) is 5.90. The molecule has 0 heterocycles. The SMILES string of the molecule is CCNC(=O)NC/C=C\C/C=C\CCCCCCCCCC(N)=O. The van der Waals surface area contributed by atoms with Crippen LogP contribution in [0, 0.1) is 0 Å². The first kappa shape index (κ1) is 22.2. The van der Waals surface area contributed by atoms with Gasteiger partial charge in [-0.3, -0.25) is 4.79 Å². The number of amides is 3. The van der Waals surface area contributed by atoms with Crippen molar-refractivity contribution in [2.24, 2.45) is 5.73 Å². The van der Waals surface area contributed by atoms with E-state index < -0.39 is 0 Å². The maximum absolute atomic E-state index is 11.1. The van der Waals surface area contributed by atoms with Gasteiger partial charge in [-0.05, 0) is 32.6 Å². The van der Waals surface area contributed by atoms with Gasteiger partial charge in [0.05, 0.1) is 0 Å². The molecule has 0 aliphatic carbocycles. The number of nitrogens with one attached hydrogen (secondary N) is 2. The molecule has 0 fully saturated rings. The van der Waals surface area contributed by atoms with Crippen molar-refractivity contribution >= 4 is 11.9 Å². The van der Waals surface area contributed by atoms with E-state index in [0.717, 1.165) is 25.7 Å². The molecular formula is C19H35N3O2. The van der Waals surface area contributed by atoms with Gasteiger partial charge < -0.3 is 16.4 Å². The molecule has 0 rings (SSSR count). The van der Waals surface area contributed by atoms with Gasteiger partial charge in [-0.1, -0.05) is 56.4 Å². The fourth-order valence-electron chi connectivity index (χ4n) is 2.29. The van der Waals surface area contributed by atoms with Crippen LogP contribution in [0.5, 0.6) is 0 Å². The van der Waals surface area contributed by atoms with Crippen molar-refractivity contribution in [3.05, 3.63) is 24.3 Å². The summed E-state index contributed by atoms with van der Waals surface area (Å²) in [6, 6.07) is -0.120. The van der Waals surface area contributed by atoms with Gasteiger partial charge in [-0.15, -0.1) is 0 Å². The Hall–Kier alpha value is -1.78. The normalized spacial score (nSPS) is 11.2. The van der Waals surface area contributed by atoms with E-state index in [9.17, 15) is 9.59 Å². The molecule has 0 aromatic carbocycles. The van der Waals surface area contributed by atoms with E-state index in [4.69, 9.17) is 5.73 Å². The van der Waals surface area contributed by atoms with Crippen LogP contribution in [0.4, 0.5) is 4.79 Å². The Morgan fingerprint density at radius 3 is 2.12 bits per heavy atom. The molecule has 0 aromatic rings. The quantitative estimate of drug-likeness (QED) is 0.314. The first-order chi connectivity index (χ1) is 11.7. The molecule has 0 atom stereocenters. The highest BCUT2D eigenvalue weighted by Gasteiger charge is 1.95. The molecule has 0 radical (unpaired) electrons. The van der Waals surface area contributed by atoms with Crippen molar-refractivity contribution in [3.63, 3.8) is 0 Å². The molecule has 0 saturated carbocycles. The highest BCUT2D eigenvalue weighted by molar-refractivity contribution is 5.74. The molecule has 24 heavy (non-hydrogen) atoms. The molecule has 5 heteroatoms. The topological polar surface area (TPSA) is 84.2 Å². The smallest absolute Gasteiger partial charge is 0.315 e. The standard InChI is InChI=1S/C19H35N3O2/c1-2-21-19(24)22-17-15-13-11-9-7-5-3-4-6-8-10-12-14-16-18(20)23/h7,9,13,15H,2-6,8,10-12,14,16-17H2,1H3,(H2,20,23)(H2,21,22,24)/b9-7-,15-13-. The average Bonchev–Trinajstić information content (AvgIpc) is 2.54. The average molecular weight is 338 g/mol. The number of rotatable bonds is 15. The number of hydrogen-bond acceptors (Lipinski definition) is 2. The molecule has 0 saturated heterocycles. The van der Waals surface area contributed by atoms with Crippen LogP contribution in [0.1, 0.15) is 71.1 Å². The Labute approximate surface area is 147 Å². The summed E-state index contributed by atoms with van der Waals surface area (Å²) in [5.41, 5.74) is 5.10. The Morgan fingerprint density at radius 2 is 1.46 bits per heavy atom. The molecule has 5 nitrogen and oxygen atoms in total. The second-order valence-corrected chi connectivity index (χ2v) is 5.90. The summed E-state index contributed by atoms with van der Waals surface area (Å²) >= 11 is 0. The third-order valence-corrected chi connectivity index (χ3v) is 3.62. The summed E-state index contributed by atoms with van der Waals surface area (Å²) in [6.07, 6.45) is 19.3. The Balaban J connectivity index is 3.26. The third kappa shape index (κ3) is 18.3. The lowest BCUT2D eigenvalue weighted by Gasteiger charge is -2.01. The number of urea groups is 1. The van der Waals surface area contributed by atoms with Crippen LogP contribution in [0.15, 0.2) is 24.3 Å². The summed E-state index contributed by atoms with van der Waals surface area (Å²) in [7, 11) is 0. The van der Waals surface area contributed by atoms with Crippen LogP contribution in [-0.2, 0) is 4.79 Å². The molecule has 0 spiro atoms. The van der Waals surface area contributed by atoms with Crippen LogP contribution in [0.3, 0.4) is 0 Å². The van der Waals surface area contributed by atoms with E-state index in [1.54, 1.807) is 0 Å². The van der Waals surface area contributed by atoms with Gasteiger partial charge in [-0.2, -0.15) is 0 Å². The number of hydrogen-bond donors (Lipinski definition) is 3. The van der Waals surface area contributed by atoms with E-state index >= 15 is 0 Å². The zero-order valence-electron chi connectivity index (χ0n) is 15.2. The lowest BCUT2D eigenvalue weighted by Crippen LogP contribution is -2.35. The molecule has 0 aliphatic heterocycles. The number of carbonyl (C=O) groups is 2. The lowest BCUT2D eigenvalue weighted by molar-refractivity contribution is -0.118. The van der Waals surface area contributed by atoms with Gasteiger partial charge in [0.1, 0.15) is 0 Å². The van der Waals surface area contributed by atoms with Crippen molar-refractivity contribution in [2.75, 3.05) is 13.1 Å². The van der Waals surface area contributed by atoms with Gasteiger partial charge >= 0.3 is 6.03 Å². The number of primary amides is 1. The second kappa shape index (κ2) is 17.6. The van der Waals surface area contributed by atoms with Crippen LogP contribution >= 0.6 is 0 Å². The predicted octanol–water partition coefficient (Wildman–Crippen LogP) is 3.80. The number of allylic oxidation sites excluding steroid dienone is 3. The molecule has 4 N–H and O–H groups in total. The van der Waals surface area contributed by atoms with Crippen LogP contribution < -0.4 is 16.4 Å². The molecular weight excluding hydrogens is 302 g/mol. The van der Waals surface area contributed by atoms with Crippen molar-refractivity contribution < 1.29 is 9.59 Å². The van der Waals surface area contributed by atoms with Crippen molar-refractivity contribution in [1.29, 1.82) is 0 Å². The van der Waals surface area contributed by atoms with Crippen LogP contribution in [-0.4, -0.2) is 25.0 Å². The van der Waals surface area contributed by atoms with Gasteiger partial charge in [0.25, 0.3) is 0 Å². The highest BCUT2D eigenvalue weighted by Crippen LogP contribution is 2.09. The Morgan fingerprint density at radius 1 is 0.833 bits per heavy atom. The highest BCUT2D eigenvalue weighted by atomic mass is 16.2. The summed E-state index contributed by atoms with van der Waals surface area (Å²) in [6.45, 7) is 3.11. The van der Waals surface area contributed by atoms with Gasteiger partial charge in [0.2, 0.25) is 5.91 Å². The minimum Gasteiger partial charge on any atom is -0.370 e. The molecule has 3 amide bonds. The summed E-state index contributed by atoms with van der Waals surface area (Å²) < 4.78 is 0. The lowest BCUT2D eigenvalue weighted by atomic mass is 10.1. The third-order valence-electron chi connectivity index (χ3n) is 3.62. The van der Waals surface area contributed by atoms with Crippen LogP contribution in [0.25, 0.3) is 0 Å². The van der Waals surface area contributed by atoms with Gasteiger partial charge in [0, 0.05) is 19.5 Å². The first-order valence-electron chi connectivity index (χ1n) is 9.26. The van der Waals surface area contributed by atoms with E-state index in [2.05, 4.69) is 28.9 Å². The van der Waals surface area contributed by atoms with Gasteiger partial charge in [0.15, 0.2) is 0 Å². The van der Waals surface area contributed by atoms with E-state index in [-0.39, 0.29) is 11.9 Å². The molecule has 0 bridgehead atoms. The molecule has 138 valence electrons. The first-order valence-corrected chi connectivity index (χ1v) is 9.26. The fourth-order valence-corrected chi connectivity index (χ4v) is 2.29. The monoisotopic (exact) mass is 337 g/mol. The van der Waals surface area contributed by atoms with E-state index in [1.807, 2.05) is 13.0 Å². The van der Waals surface area contributed by atoms with E-state index in [1.165, 1.54) is 32.1 Å². The van der Waals surface area contributed by atoms with Crippen molar-refractivity contribution in [1.82, 2.24) is 10.6 Å². The maximum Gasteiger partial charge on any atom is 0.315 e. The summed E-state index contributed by atoms with van der Waals surface area (Å²) in [5, 5.41) is 5.43. The zero-order chi connectivity index (χ0) is 17.9. The minimum absolute atomic E-state index is 0.120. The fraction of sp³-hybridized carbons (Fsp3) is 0.684. The number of nitrogens with two attached hydrogens (primary N) is 1. The maximum atomic E-state index is 11.1. The molecule has 0 aliphatic rings. The van der Waals surface area contributed by atoms with Crippen molar-refractivity contribution in [2.45, 2.75) is 71.1 Å². The Kier molecular flexibility index (Phi) is 16.3. The summed E-state index contributed by atoms with van der Waals surface area (Å²) in [5.74, 6) is -0.185. The number of carbonyl (C=O) groups excluding carboxylic acids is 2. The minimum atomic E-state index is -0.185. The number of unbranched alkanes of at least 4 members (excludes halogenated alkanes) is 7. The van der Waals surface area contributed by atoms with Gasteiger partial charge in [-0.25, -0.2) is 4.79 Å². The van der Waals surface area contributed by atoms with Crippen LogP contribution in [0.2, 0.25) is 0 Å². The molecule has 0 unspecified atom stereocenters. The van der Waals surface area contributed by atoms with E-state index in [0.29, 0.717) is 19.5 Å². The predicted molar refractivity (Wildman–Crippen MR) is 101 cm³/mol. The Bertz CT molecular complexity index is 379. The molecule has 0 aromatic heterocycles. The summed E-state index contributed by atoms with van der Waals surface area (Å²) in [4.78, 5) is 21.7. The largest absolute Gasteiger partial charge is 0.370 e.